The van der Waals surface area contributed by atoms with Gasteiger partial charge in [-0.3, -0.25) is 4.79 Å². The van der Waals surface area contributed by atoms with Crippen LogP contribution in [0.1, 0.15) is 54.7 Å². The molecule has 0 aliphatic carbocycles. The number of nitriles is 1. The Morgan fingerprint density at radius 3 is 2.64 bits per heavy atom. The van der Waals surface area contributed by atoms with Crippen LogP contribution in [0.3, 0.4) is 0 Å². The molecular formula is C22H23N3O2S. The molecule has 1 aliphatic heterocycles. The second-order valence-electron chi connectivity index (χ2n) is 7.78. The van der Waals surface area contributed by atoms with Crippen LogP contribution in [-0.4, -0.2) is 27.5 Å². The first-order chi connectivity index (χ1) is 13.2. The molecule has 0 bridgehead atoms. The van der Waals surface area contributed by atoms with E-state index in [-0.39, 0.29) is 5.91 Å². The largest absolute Gasteiger partial charge is 0.591 e. The molecule has 5 nitrogen and oxygen atoms in total. The summed E-state index contributed by atoms with van der Waals surface area (Å²) in [6.45, 7) is 8.14. The van der Waals surface area contributed by atoms with Gasteiger partial charge in [0.2, 0.25) is 0 Å². The van der Waals surface area contributed by atoms with E-state index < -0.39 is 16.1 Å². The zero-order valence-corrected chi connectivity index (χ0v) is 17.3. The fourth-order valence-electron chi connectivity index (χ4n) is 3.03. The molecule has 1 unspecified atom stereocenters. The van der Waals surface area contributed by atoms with Gasteiger partial charge in [-0.2, -0.15) is 5.26 Å². The molecule has 0 saturated carbocycles. The van der Waals surface area contributed by atoms with Gasteiger partial charge in [-0.25, -0.2) is 0 Å². The lowest BCUT2D eigenvalue weighted by Crippen LogP contribution is -2.28. The maximum Gasteiger partial charge on any atom is 0.258 e. The zero-order valence-electron chi connectivity index (χ0n) is 16.5. The minimum Gasteiger partial charge on any atom is -0.591 e. The number of rotatable bonds is 3. The highest BCUT2D eigenvalue weighted by Crippen LogP contribution is 2.31. The second kappa shape index (κ2) is 7.78. The Balaban J connectivity index is 1.86. The molecule has 2 aromatic rings. The molecule has 0 fully saturated rings. The van der Waals surface area contributed by atoms with Crippen LogP contribution in [0.2, 0.25) is 0 Å². The van der Waals surface area contributed by atoms with Gasteiger partial charge in [-0.1, -0.05) is 16.5 Å². The molecule has 2 aromatic carbocycles. The van der Waals surface area contributed by atoms with Crippen molar-refractivity contribution in [2.24, 2.45) is 4.40 Å². The number of nitrogens with zero attached hydrogens (tertiary/aromatic N) is 3. The number of benzene rings is 2. The average molecular weight is 394 g/mol. The van der Waals surface area contributed by atoms with E-state index in [1.165, 1.54) is 0 Å². The van der Waals surface area contributed by atoms with E-state index >= 15 is 0 Å². The van der Waals surface area contributed by atoms with Crippen LogP contribution in [-0.2, 0) is 17.8 Å². The van der Waals surface area contributed by atoms with E-state index in [0.717, 1.165) is 28.9 Å². The van der Waals surface area contributed by atoms with E-state index in [0.29, 0.717) is 17.7 Å². The Labute approximate surface area is 169 Å². The highest BCUT2D eigenvalue weighted by Gasteiger charge is 2.28. The third-order valence-corrected chi connectivity index (χ3v) is 6.11. The minimum atomic E-state index is -1.31. The monoisotopic (exact) mass is 393 g/mol. The van der Waals surface area contributed by atoms with E-state index in [9.17, 15) is 9.35 Å². The fraction of sp³-hybridized carbons (Fsp3) is 0.318. The molecule has 0 spiro atoms. The number of anilines is 1. The van der Waals surface area contributed by atoms with Crippen LogP contribution >= 0.6 is 0 Å². The lowest BCUT2D eigenvalue weighted by Gasteiger charge is -2.19. The van der Waals surface area contributed by atoms with Crippen LogP contribution in [0.25, 0.3) is 0 Å². The summed E-state index contributed by atoms with van der Waals surface area (Å²) in [6, 6.07) is 14.7. The summed E-state index contributed by atoms with van der Waals surface area (Å²) in [5.41, 5.74) is 4.56. The van der Waals surface area contributed by atoms with Crippen molar-refractivity contribution >= 4 is 28.7 Å². The van der Waals surface area contributed by atoms with Gasteiger partial charge in [-0.05, 0) is 70.0 Å². The highest BCUT2D eigenvalue weighted by atomic mass is 32.2. The SMILES string of the molecule is CC(=N[S+]([O-])C(C)(C)C)c1ccc2c(c1)CCN2C(=O)c1cccc(C#N)c1. The van der Waals surface area contributed by atoms with Crippen molar-refractivity contribution in [2.45, 2.75) is 38.9 Å². The van der Waals surface area contributed by atoms with Crippen LogP contribution in [0.5, 0.6) is 0 Å². The van der Waals surface area contributed by atoms with E-state index in [1.54, 1.807) is 29.2 Å². The first kappa shape index (κ1) is 20.1. The minimum absolute atomic E-state index is 0.108. The summed E-state index contributed by atoms with van der Waals surface area (Å²) in [7, 11) is 0. The van der Waals surface area contributed by atoms with Crippen molar-refractivity contribution in [3.05, 3.63) is 64.7 Å². The molecule has 1 amide bonds. The molecule has 28 heavy (non-hydrogen) atoms. The molecule has 0 saturated heterocycles. The van der Waals surface area contributed by atoms with Crippen molar-refractivity contribution in [1.82, 2.24) is 0 Å². The van der Waals surface area contributed by atoms with E-state index in [2.05, 4.69) is 10.5 Å². The molecule has 1 atom stereocenters. The Morgan fingerprint density at radius 1 is 1.21 bits per heavy atom. The summed E-state index contributed by atoms with van der Waals surface area (Å²) in [4.78, 5) is 14.7. The molecular weight excluding hydrogens is 370 g/mol. The lowest BCUT2D eigenvalue weighted by atomic mass is 10.1. The van der Waals surface area contributed by atoms with Gasteiger partial charge in [0, 0.05) is 23.4 Å². The number of hydrogen-bond donors (Lipinski definition) is 0. The molecule has 0 N–H and O–H groups in total. The Kier molecular flexibility index (Phi) is 5.59. The van der Waals surface area contributed by atoms with E-state index in [4.69, 9.17) is 5.26 Å². The van der Waals surface area contributed by atoms with Gasteiger partial charge in [0.25, 0.3) is 5.91 Å². The van der Waals surface area contributed by atoms with Gasteiger partial charge in [0.05, 0.1) is 17.3 Å². The van der Waals surface area contributed by atoms with Crippen LogP contribution in [0.15, 0.2) is 46.9 Å². The molecule has 0 radical (unpaired) electrons. The summed E-state index contributed by atoms with van der Waals surface area (Å²) < 4.78 is 16.2. The normalized spacial score (nSPS) is 15.1. The van der Waals surface area contributed by atoms with Gasteiger partial charge in [0.15, 0.2) is 0 Å². The topological polar surface area (TPSA) is 79.5 Å². The quantitative estimate of drug-likeness (QED) is 0.583. The zero-order chi connectivity index (χ0) is 20.5. The third-order valence-electron chi connectivity index (χ3n) is 4.62. The molecule has 0 aromatic heterocycles. The maximum atomic E-state index is 12.9. The molecule has 1 heterocycles. The summed E-state index contributed by atoms with van der Waals surface area (Å²) in [6.07, 6.45) is 0.752. The Bertz CT molecular complexity index is 986. The number of fused-ring (bicyclic) bond motifs is 1. The molecule has 1 aliphatic rings. The maximum absolute atomic E-state index is 12.9. The standard InChI is InChI=1S/C22H23N3O2S/c1-15(24-28(27)22(2,3)4)17-8-9-20-18(13-17)10-11-25(20)21(26)19-7-5-6-16(12-19)14-23/h5-9,12-13H,10-11H2,1-4H3. The third kappa shape index (κ3) is 4.11. The summed E-state index contributed by atoms with van der Waals surface area (Å²) >= 11 is -1.31. The number of hydrogen-bond acceptors (Lipinski definition) is 4. The van der Waals surface area contributed by atoms with Gasteiger partial charge in [-0.15, -0.1) is 0 Å². The van der Waals surface area contributed by atoms with Crippen molar-refractivity contribution < 1.29 is 9.35 Å². The number of carbonyl (C=O) groups is 1. The van der Waals surface area contributed by atoms with Crippen molar-refractivity contribution in [2.75, 3.05) is 11.4 Å². The number of amides is 1. The van der Waals surface area contributed by atoms with Crippen molar-refractivity contribution in [3.8, 4) is 6.07 Å². The lowest BCUT2D eigenvalue weighted by molar-refractivity contribution is 0.0989. The highest BCUT2D eigenvalue weighted by molar-refractivity contribution is 7.91. The van der Waals surface area contributed by atoms with Gasteiger partial charge >= 0.3 is 0 Å². The first-order valence-electron chi connectivity index (χ1n) is 9.13. The predicted molar refractivity (Wildman–Crippen MR) is 113 cm³/mol. The Morgan fingerprint density at radius 2 is 1.96 bits per heavy atom. The van der Waals surface area contributed by atoms with E-state index in [1.807, 2.05) is 45.9 Å². The van der Waals surface area contributed by atoms with Crippen molar-refractivity contribution in [3.63, 3.8) is 0 Å². The molecule has 6 heteroatoms. The second-order valence-corrected chi connectivity index (χ2v) is 9.69. The average Bonchev–Trinajstić information content (AvgIpc) is 3.09. The van der Waals surface area contributed by atoms with Crippen LogP contribution in [0, 0.1) is 11.3 Å². The van der Waals surface area contributed by atoms with Crippen LogP contribution in [0.4, 0.5) is 5.69 Å². The molecule has 144 valence electrons. The predicted octanol–water partition coefficient (Wildman–Crippen LogP) is 4.03. The van der Waals surface area contributed by atoms with Crippen LogP contribution < -0.4 is 4.90 Å². The van der Waals surface area contributed by atoms with Crippen molar-refractivity contribution in [1.29, 1.82) is 5.26 Å². The molecule has 3 rings (SSSR count). The number of carbonyl (C=O) groups excluding carboxylic acids is 1. The summed E-state index contributed by atoms with van der Waals surface area (Å²) in [5.74, 6) is -0.108. The first-order valence-corrected chi connectivity index (χ1v) is 10.2. The van der Waals surface area contributed by atoms with Gasteiger partial charge < -0.3 is 9.45 Å². The smallest absolute Gasteiger partial charge is 0.258 e. The van der Waals surface area contributed by atoms with Gasteiger partial charge in [0.1, 0.15) is 16.1 Å². The Hall–Kier alpha value is -2.62. The fourth-order valence-corrected chi connectivity index (χ4v) is 3.66. The summed E-state index contributed by atoms with van der Waals surface area (Å²) in [5, 5.41) is 9.05.